The summed E-state index contributed by atoms with van der Waals surface area (Å²) in [6.07, 6.45) is 0.618. The van der Waals surface area contributed by atoms with Gasteiger partial charge >= 0.3 is 5.97 Å². The lowest BCUT2D eigenvalue weighted by Gasteiger charge is -2.35. The smallest absolute Gasteiger partial charge is 0.323 e. The van der Waals surface area contributed by atoms with Gasteiger partial charge in [0, 0.05) is 31.2 Å². The molecular formula is C16H33N3O2. The minimum absolute atomic E-state index is 0.158. The predicted octanol–water partition coefficient (Wildman–Crippen LogP) is 1.49. The molecule has 2 N–H and O–H groups in total. The number of carboxylic acids is 1. The van der Waals surface area contributed by atoms with E-state index < -0.39 is 11.5 Å². The molecule has 0 saturated carbocycles. The second-order valence-corrected chi connectivity index (χ2v) is 7.45. The Kier molecular flexibility index (Phi) is 6.20. The van der Waals surface area contributed by atoms with E-state index >= 15 is 0 Å². The lowest BCUT2D eigenvalue weighted by Crippen LogP contribution is -2.55. The molecule has 5 nitrogen and oxygen atoms in total. The van der Waals surface area contributed by atoms with E-state index in [2.05, 4.69) is 43.1 Å². The molecule has 0 aromatic rings. The summed E-state index contributed by atoms with van der Waals surface area (Å²) < 4.78 is 0. The summed E-state index contributed by atoms with van der Waals surface area (Å²) in [5.41, 5.74) is -0.868. The Balaban J connectivity index is 2.71. The van der Waals surface area contributed by atoms with Gasteiger partial charge in [-0.2, -0.15) is 0 Å². The van der Waals surface area contributed by atoms with Crippen molar-refractivity contribution >= 4 is 5.97 Å². The molecule has 0 aliphatic carbocycles. The molecule has 124 valence electrons. The third kappa shape index (κ3) is 4.66. The van der Waals surface area contributed by atoms with Gasteiger partial charge in [0.05, 0.1) is 0 Å². The van der Waals surface area contributed by atoms with Crippen molar-refractivity contribution in [2.75, 3.05) is 27.2 Å². The van der Waals surface area contributed by atoms with E-state index in [4.69, 9.17) is 0 Å². The molecule has 0 bridgehead atoms. The SMILES string of the molecule is CC(C)NC(C)(CC(C)N1CC(C)C(N(C)C)C1)C(=O)O. The number of likely N-dealkylation sites (tertiary alicyclic amines) is 1. The lowest BCUT2D eigenvalue weighted by molar-refractivity contribution is -0.145. The molecule has 0 aromatic heterocycles. The summed E-state index contributed by atoms with van der Waals surface area (Å²) in [4.78, 5) is 16.4. The van der Waals surface area contributed by atoms with Gasteiger partial charge in [0.15, 0.2) is 0 Å². The Morgan fingerprint density at radius 3 is 2.33 bits per heavy atom. The van der Waals surface area contributed by atoms with E-state index in [1.807, 2.05) is 13.8 Å². The fraction of sp³-hybridized carbons (Fsp3) is 0.938. The minimum Gasteiger partial charge on any atom is -0.480 e. The number of carbonyl (C=O) groups is 1. The van der Waals surface area contributed by atoms with Crippen molar-refractivity contribution in [1.29, 1.82) is 0 Å². The average Bonchev–Trinajstić information content (AvgIpc) is 2.70. The molecule has 5 heteroatoms. The summed E-state index contributed by atoms with van der Waals surface area (Å²) in [5.74, 6) is -0.143. The van der Waals surface area contributed by atoms with Crippen LogP contribution in [0.4, 0.5) is 0 Å². The van der Waals surface area contributed by atoms with Gasteiger partial charge in [-0.1, -0.05) is 6.92 Å². The van der Waals surface area contributed by atoms with Gasteiger partial charge in [-0.15, -0.1) is 0 Å². The van der Waals surface area contributed by atoms with E-state index in [0.29, 0.717) is 18.4 Å². The maximum absolute atomic E-state index is 11.7. The van der Waals surface area contributed by atoms with Crippen LogP contribution in [0.1, 0.15) is 41.0 Å². The van der Waals surface area contributed by atoms with Gasteiger partial charge in [0.1, 0.15) is 5.54 Å². The second kappa shape index (κ2) is 7.07. The first-order valence-electron chi connectivity index (χ1n) is 7.98. The zero-order valence-corrected chi connectivity index (χ0v) is 14.7. The minimum atomic E-state index is -0.868. The van der Waals surface area contributed by atoms with Crippen LogP contribution in [-0.2, 0) is 4.79 Å². The number of rotatable bonds is 7. The second-order valence-electron chi connectivity index (χ2n) is 7.45. The van der Waals surface area contributed by atoms with Crippen molar-refractivity contribution in [2.45, 2.75) is 64.7 Å². The third-order valence-electron chi connectivity index (χ3n) is 4.67. The number of aliphatic carboxylic acids is 1. The Morgan fingerprint density at radius 2 is 1.95 bits per heavy atom. The van der Waals surface area contributed by atoms with Gasteiger partial charge < -0.3 is 10.0 Å². The van der Waals surface area contributed by atoms with Crippen molar-refractivity contribution in [1.82, 2.24) is 15.1 Å². The number of hydrogen-bond acceptors (Lipinski definition) is 4. The van der Waals surface area contributed by atoms with E-state index in [-0.39, 0.29) is 12.1 Å². The molecule has 1 saturated heterocycles. The Hall–Kier alpha value is -0.650. The molecule has 0 amide bonds. The summed E-state index contributed by atoms with van der Waals surface area (Å²) in [5, 5.41) is 12.8. The maximum Gasteiger partial charge on any atom is 0.323 e. The van der Waals surface area contributed by atoms with Crippen molar-refractivity contribution in [3.63, 3.8) is 0 Å². The molecule has 1 rings (SSSR count). The fourth-order valence-electron chi connectivity index (χ4n) is 3.58. The molecule has 1 heterocycles. The molecule has 1 aliphatic rings. The predicted molar refractivity (Wildman–Crippen MR) is 86.6 cm³/mol. The fourth-order valence-corrected chi connectivity index (χ4v) is 3.58. The van der Waals surface area contributed by atoms with E-state index in [0.717, 1.165) is 13.1 Å². The van der Waals surface area contributed by atoms with E-state index in [1.54, 1.807) is 6.92 Å². The number of hydrogen-bond donors (Lipinski definition) is 2. The average molecular weight is 299 g/mol. The molecule has 21 heavy (non-hydrogen) atoms. The Bertz CT molecular complexity index is 359. The van der Waals surface area contributed by atoms with Gasteiger partial charge in [-0.25, -0.2) is 0 Å². The molecule has 0 radical (unpaired) electrons. The van der Waals surface area contributed by atoms with E-state index in [9.17, 15) is 9.90 Å². The molecular weight excluding hydrogens is 266 g/mol. The molecule has 1 aliphatic heterocycles. The highest BCUT2D eigenvalue weighted by Crippen LogP contribution is 2.26. The molecule has 0 aromatic carbocycles. The van der Waals surface area contributed by atoms with Crippen molar-refractivity contribution in [2.24, 2.45) is 5.92 Å². The van der Waals surface area contributed by atoms with E-state index in [1.165, 1.54) is 0 Å². The first-order chi connectivity index (χ1) is 9.56. The molecule has 4 atom stereocenters. The van der Waals surface area contributed by atoms with Crippen LogP contribution in [0.3, 0.4) is 0 Å². The Morgan fingerprint density at radius 1 is 1.38 bits per heavy atom. The summed E-state index contributed by atoms with van der Waals surface area (Å²) >= 11 is 0. The quantitative estimate of drug-likeness (QED) is 0.746. The zero-order valence-electron chi connectivity index (χ0n) is 14.7. The first-order valence-corrected chi connectivity index (χ1v) is 7.98. The van der Waals surface area contributed by atoms with Crippen LogP contribution in [0, 0.1) is 5.92 Å². The Labute approximate surface area is 129 Å². The number of likely N-dealkylation sites (N-methyl/N-ethyl adjacent to an activating group) is 1. The third-order valence-corrected chi connectivity index (χ3v) is 4.67. The normalized spacial score (nSPS) is 28.0. The standard InChI is InChI=1S/C16H33N3O2/c1-11(2)17-16(5,15(20)21)8-13(4)19-9-12(3)14(10-19)18(6)7/h11-14,17H,8-10H2,1-7H3,(H,20,21). The zero-order chi connectivity index (χ0) is 16.4. The van der Waals surface area contributed by atoms with Gasteiger partial charge in [0.2, 0.25) is 0 Å². The van der Waals surface area contributed by atoms with Crippen LogP contribution in [0.5, 0.6) is 0 Å². The van der Waals surface area contributed by atoms with Crippen LogP contribution in [-0.4, -0.2) is 71.7 Å². The number of nitrogens with one attached hydrogen (secondary N) is 1. The first kappa shape index (κ1) is 18.4. The summed E-state index contributed by atoms with van der Waals surface area (Å²) in [6.45, 7) is 12.3. The largest absolute Gasteiger partial charge is 0.480 e. The lowest BCUT2D eigenvalue weighted by atomic mass is 9.92. The summed E-state index contributed by atoms with van der Waals surface area (Å²) in [6, 6.07) is 0.969. The number of carboxylic acid groups (broad SMARTS) is 1. The topological polar surface area (TPSA) is 55.8 Å². The van der Waals surface area contributed by atoms with Crippen LogP contribution in [0.2, 0.25) is 0 Å². The maximum atomic E-state index is 11.7. The van der Waals surface area contributed by atoms with Crippen LogP contribution < -0.4 is 5.32 Å². The summed E-state index contributed by atoms with van der Waals surface area (Å²) in [7, 11) is 4.24. The van der Waals surface area contributed by atoms with Crippen LogP contribution in [0.15, 0.2) is 0 Å². The van der Waals surface area contributed by atoms with Crippen molar-refractivity contribution < 1.29 is 9.90 Å². The highest BCUT2D eigenvalue weighted by atomic mass is 16.4. The highest BCUT2D eigenvalue weighted by Gasteiger charge is 2.39. The molecule has 4 unspecified atom stereocenters. The van der Waals surface area contributed by atoms with Crippen LogP contribution >= 0.6 is 0 Å². The van der Waals surface area contributed by atoms with Crippen molar-refractivity contribution in [3.8, 4) is 0 Å². The van der Waals surface area contributed by atoms with Gasteiger partial charge in [-0.05, 0) is 54.1 Å². The monoisotopic (exact) mass is 299 g/mol. The molecule has 0 spiro atoms. The van der Waals surface area contributed by atoms with Gasteiger partial charge in [0.25, 0.3) is 0 Å². The van der Waals surface area contributed by atoms with Crippen LogP contribution in [0.25, 0.3) is 0 Å². The van der Waals surface area contributed by atoms with Gasteiger partial charge in [-0.3, -0.25) is 15.0 Å². The number of nitrogens with zero attached hydrogens (tertiary/aromatic N) is 2. The van der Waals surface area contributed by atoms with Crippen molar-refractivity contribution in [3.05, 3.63) is 0 Å². The molecule has 1 fully saturated rings. The highest BCUT2D eigenvalue weighted by molar-refractivity contribution is 5.78.